The molecule has 2 heteroatoms. The molecule has 2 nitrogen and oxygen atoms in total. The number of nitrogens with two attached hydrogens (primary N) is 1. The maximum Gasteiger partial charge on any atom is 0.0808 e. The predicted molar refractivity (Wildman–Crippen MR) is 71.9 cm³/mol. The summed E-state index contributed by atoms with van der Waals surface area (Å²) in [5.74, 6) is 0.840. The molecule has 0 saturated heterocycles. The lowest BCUT2D eigenvalue weighted by Crippen LogP contribution is -2.48. The summed E-state index contributed by atoms with van der Waals surface area (Å²) in [6.07, 6.45) is 9.28. The summed E-state index contributed by atoms with van der Waals surface area (Å²) in [6.45, 7) is 7.79. The molecule has 0 aliphatic heterocycles. The Bertz CT molecular complexity index is 244. The average molecular weight is 239 g/mol. The Morgan fingerprint density at radius 1 is 1.12 bits per heavy atom. The molecular weight excluding hydrogens is 210 g/mol. The maximum atomic E-state index is 6.30. The topological polar surface area (TPSA) is 35.2 Å². The van der Waals surface area contributed by atoms with E-state index in [1.165, 1.54) is 44.9 Å². The van der Waals surface area contributed by atoms with Crippen LogP contribution < -0.4 is 5.73 Å². The van der Waals surface area contributed by atoms with Crippen LogP contribution in [0.15, 0.2) is 0 Å². The van der Waals surface area contributed by atoms with Gasteiger partial charge in [-0.15, -0.1) is 0 Å². The predicted octanol–water partition coefficient (Wildman–Crippen LogP) is 3.49. The molecule has 100 valence electrons. The molecule has 0 bridgehead atoms. The highest BCUT2D eigenvalue weighted by Gasteiger charge is 2.40. The third-order valence-corrected chi connectivity index (χ3v) is 4.96. The maximum absolute atomic E-state index is 6.30. The molecule has 2 N–H and O–H groups in total. The van der Waals surface area contributed by atoms with Crippen molar-refractivity contribution in [3.63, 3.8) is 0 Å². The SMILES string of the molecule is CC(C)(C)C1CCC(CN)(OC2CCC2)CC1. The van der Waals surface area contributed by atoms with E-state index in [2.05, 4.69) is 20.8 Å². The van der Waals surface area contributed by atoms with E-state index in [0.29, 0.717) is 18.1 Å². The molecule has 0 aromatic rings. The average Bonchev–Trinajstić information content (AvgIpc) is 2.23. The molecule has 2 saturated carbocycles. The van der Waals surface area contributed by atoms with Crippen molar-refractivity contribution in [3.8, 4) is 0 Å². The zero-order valence-corrected chi connectivity index (χ0v) is 11.8. The summed E-state index contributed by atoms with van der Waals surface area (Å²) in [4.78, 5) is 0. The van der Waals surface area contributed by atoms with Crippen molar-refractivity contribution >= 4 is 0 Å². The Hall–Kier alpha value is -0.0800. The molecule has 0 aromatic heterocycles. The molecule has 0 heterocycles. The van der Waals surface area contributed by atoms with Crippen molar-refractivity contribution in [1.82, 2.24) is 0 Å². The van der Waals surface area contributed by atoms with Gasteiger partial charge in [0.25, 0.3) is 0 Å². The van der Waals surface area contributed by atoms with Crippen LogP contribution in [-0.4, -0.2) is 18.2 Å². The number of ether oxygens (including phenoxy) is 1. The Morgan fingerprint density at radius 2 is 1.71 bits per heavy atom. The fourth-order valence-electron chi connectivity index (χ4n) is 3.22. The number of hydrogen-bond donors (Lipinski definition) is 1. The lowest BCUT2D eigenvalue weighted by atomic mass is 9.68. The van der Waals surface area contributed by atoms with Gasteiger partial charge in [0.2, 0.25) is 0 Å². The smallest absolute Gasteiger partial charge is 0.0808 e. The number of hydrogen-bond acceptors (Lipinski definition) is 2. The third kappa shape index (κ3) is 3.03. The summed E-state index contributed by atoms with van der Waals surface area (Å²) in [6, 6.07) is 0. The van der Waals surface area contributed by atoms with Crippen LogP contribution >= 0.6 is 0 Å². The highest BCUT2D eigenvalue weighted by molar-refractivity contribution is 4.92. The molecule has 0 aromatic carbocycles. The first-order valence-corrected chi connectivity index (χ1v) is 7.33. The summed E-state index contributed by atoms with van der Waals surface area (Å²) >= 11 is 0. The lowest BCUT2D eigenvalue weighted by molar-refractivity contribution is -0.141. The highest BCUT2D eigenvalue weighted by atomic mass is 16.5. The van der Waals surface area contributed by atoms with Gasteiger partial charge in [0.05, 0.1) is 11.7 Å². The zero-order valence-electron chi connectivity index (χ0n) is 11.8. The van der Waals surface area contributed by atoms with Crippen LogP contribution in [0, 0.1) is 11.3 Å². The molecule has 0 atom stereocenters. The molecule has 0 unspecified atom stereocenters. The first-order valence-electron chi connectivity index (χ1n) is 7.33. The van der Waals surface area contributed by atoms with Gasteiger partial charge in [0.1, 0.15) is 0 Å². The normalized spacial score (nSPS) is 35.6. The van der Waals surface area contributed by atoms with Crippen molar-refractivity contribution < 1.29 is 4.74 Å². The minimum atomic E-state index is 0.0207. The van der Waals surface area contributed by atoms with Crippen LogP contribution in [0.5, 0.6) is 0 Å². The van der Waals surface area contributed by atoms with Crippen LogP contribution in [-0.2, 0) is 4.74 Å². The summed E-state index contributed by atoms with van der Waals surface area (Å²) in [5.41, 5.74) is 6.46. The van der Waals surface area contributed by atoms with E-state index in [0.717, 1.165) is 5.92 Å². The van der Waals surface area contributed by atoms with E-state index in [-0.39, 0.29) is 5.60 Å². The molecular formula is C15H29NO. The number of rotatable bonds is 3. The first kappa shape index (κ1) is 13.4. The third-order valence-electron chi connectivity index (χ3n) is 4.96. The highest BCUT2D eigenvalue weighted by Crippen LogP contribution is 2.44. The van der Waals surface area contributed by atoms with Crippen molar-refractivity contribution in [2.75, 3.05) is 6.54 Å². The fraction of sp³-hybridized carbons (Fsp3) is 1.00. The fourth-order valence-corrected chi connectivity index (χ4v) is 3.22. The van der Waals surface area contributed by atoms with Crippen molar-refractivity contribution in [2.45, 2.75) is 77.4 Å². The van der Waals surface area contributed by atoms with E-state index in [1.54, 1.807) is 0 Å². The molecule has 2 aliphatic carbocycles. The molecule has 0 radical (unpaired) electrons. The Kier molecular flexibility index (Phi) is 3.84. The lowest BCUT2D eigenvalue weighted by Gasteiger charge is -2.46. The summed E-state index contributed by atoms with van der Waals surface area (Å²) in [7, 11) is 0. The monoisotopic (exact) mass is 239 g/mol. The molecule has 17 heavy (non-hydrogen) atoms. The van der Waals surface area contributed by atoms with Gasteiger partial charge in [0.15, 0.2) is 0 Å². The Balaban J connectivity index is 1.89. The van der Waals surface area contributed by atoms with E-state index in [4.69, 9.17) is 10.5 Å². The zero-order chi connectivity index (χ0) is 12.5. The standard InChI is InChI=1S/C15H29NO/c1-14(2,3)12-7-9-15(11-16,10-8-12)17-13-5-4-6-13/h12-13H,4-11,16H2,1-3H3. The van der Waals surface area contributed by atoms with Crippen LogP contribution in [0.25, 0.3) is 0 Å². The van der Waals surface area contributed by atoms with Crippen molar-refractivity contribution in [2.24, 2.45) is 17.1 Å². The quantitative estimate of drug-likeness (QED) is 0.818. The van der Waals surface area contributed by atoms with Gasteiger partial charge in [-0.25, -0.2) is 0 Å². The first-order chi connectivity index (χ1) is 7.95. The van der Waals surface area contributed by atoms with Gasteiger partial charge in [0, 0.05) is 6.54 Å². The second-order valence-corrected chi connectivity index (χ2v) is 7.20. The molecule has 2 rings (SSSR count). The second-order valence-electron chi connectivity index (χ2n) is 7.20. The van der Waals surface area contributed by atoms with Crippen LogP contribution in [0.3, 0.4) is 0 Å². The Labute approximate surface area is 106 Å². The van der Waals surface area contributed by atoms with Crippen LogP contribution in [0.2, 0.25) is 0 Å². The minimum absolute atomic E-state index is 0.0207. The second kappa shape index (κ2) is 4.89. The van der Waals surface area contributed by atoms with Gasteiger partial charge in [-0.3, -0.25) is 0 Å². The van der Waals surface area contributed by atoms with E-state index in [1.807, 2.05) is 0 Å². The van der Waals surface area contributed by atoms with Crippen molar-refractivity contribution in [3.05, 3.63) is 0 Å². The van der Waals surface area contributed by atoms with Gasteiger partial charge in [-0.2, -0.15) is 0 Å². The summed E-state index contributed by atoms with van der Waals surface area (Å²) < 4.78 is 6.30. The van der Waals surface area contributed by atoms with Gasteiger partial charge >= 0.3 is 0 Å². The van der Waals surface area contributed by atoms with Crippen molar-refractivity contribution in [1.29, 1.82) is 0 Å². The van der Waals surface area contributed by atoms with E-state index >= 15 is 0 Å². The molecule has 0 spiro atoms. The minimum Gasteiger partial charge on any atom is -0.370 e. The van der Waals surface area contributed by atoms with E-state index in [9.17, 15) is 0 Å². The largest absolute Gasteiger partial charge is 0.370 e. The van der Waals surface area contributed by atoms with Crippen LogP contribution in [0.1, 0.15) is 65.7 Å². The molecule has 2 fully saturated rings. The molecule has 2 aliphatic rings. The molecule has 0 amide bonds. The summed E-state index contributed by atoms with van der Waals surface area (Å²) in [5, 5.41) is 0. The van der Waals surface area contributed by atoms with E-state index < -0.39 is 0 Å². The van der Waals surface area contributed by atoms with Gasteiger partial charge in [-0.1, -0.05) is 20.8 Å². The van der Waals surface area contributed by atoms with Crippen LogP contribution in [0.4, 0.5) is 0 Å². The van der Waals surface area contributed by atoms with Gasteiger partial charge in [-0.05, 0) is 56.3 Å². The van der Waals surface area contributed by atoms with Gasteiger partial charge < -0.3 is 10.5 Å². The Morgan fingerprint density at radius 3 is 2.06 bits per heavy atom.